The zero-order valence-electron chi connectivity index (χ0n) is 19.2. The van der Waals surface area contributed by atoms with Gasteiger partial charge in [-0.2, -0.15) is 0 Å². The lowest BCUT2D eigenvalue weighted by atomic mass is 10.00. The molecule has 164 valence electrons. The van der Waals surface area contributed by atoms with Crippen molar-refractivity contribution in [2.45, 2.75) is 59.0 Å². The van der Waals surface area contributed by atoms with Crippen LogP contribution in [0.1, 0.15) is 56.3 Å². The molecule has 5 nitrogen and oxygen atoms in total. The van der Waals surface area contributed by atoms with Crippen LogP contribution in [0.25, 0.3) is 0 Å². The first-order valence-corrected chi connectivity index (χ1v) is 11.0. The fourth-order valence-corrected chi connectivity index (χ4v) is 4.20. The first-order chi connectivity index (χ1) is 14.3. The van der Waals surface area contributed by atoms with Gasteiger partial charge in [0.05, 0.1) is 6.17 Å². The minimum Gasteiger partial charge on any atom is -0.508 e. The van der Waals surface area contributed by atoms with E-state index in [1.165, 1.54) is 5.56 Å². The number of phenols is 1. The van der Waals surface area contributed by atoms with Crippen LogP contribution in [0.4, 0.5) is 0 Å². The van der Waals surface area contributed by atoms with Crippen LogP contribution < -0.4 is 10.1 Å². The highest BCUT2D eigenvalue weighted by molar-refractivity contribution is 5.46. The Morgan fingerprint density at radius 2 is 1.83 bits per heavy atom. The number of hydrogen-bond acceptors (Lipinski definition) is 5. The van der Waals surface area contributed by atoms with Gasteiger partial charge in [-0.15, -0.1) is 0 Å². The van der Waals surface area contributed by atoms with Gasteiger partial charge in [0, 0.05) is 31.2 Å². The van der Waals surface area contributed by atoms with Crippen molar-refractivity contribution in [2.75, 3.05) is 26.7 Å². The van der Waals surface area contributed by atoms with Gasteiger partial charge in [-0.25, -0.2) is 0 Å². The summed E-state index contributed by atoms with van der Waals surface area (Å²) in [5.41, 5.74) is 3.22. The predicted octanol–water partition coefficient (Wildman–Crippen LogP) is 4.47. The van der Waals surface area contributed by atoms with Crippen molar-refractivity contribution in [1.29, 1.82) is 0 Å². The maximum Gasteiger partial charge on any atom is 0.150 e. The van der Waals surface area contributed by atoms with Crippen LogP contribution in [0.5, 0.6) is 11.5 Å². The third-order valence-corrected chi connectivity index (χ3v) is 6.36. The minimum atomic E-state index is -0.104. The summed E-state index contributed by atoms with van der Waals surface area (Å²) in [7, 11) is 2.13. The number of aromatic hydroxyl groups is 1. The lowest BCUT2D eigenvalue weighted by Crippen LogP contribution is -2.56. The van der Waals surface area contributed by atoms with Crippen LogP contribution in [0, 0.1) is 6.92 Å². The van der Waals surface area contributed by atoms with Crippen molar-refractivity contribution in [1.82, 2.24) is 15.1 Å². The largest absolute Gasteiger partial charge is 0.508 e. The van der Waals surface area contributed by atoms with Gasteiger partial charge in [0.15, 0.2) is 6.23 Å². The van der Waals surface area contributed by atoms with E-state index in [9.17, 15) is 5.11 Å². The average Bonchev–Trinajstić information content (AvgIpc) is 2.75. The Morgan fingerprint density at radius 3 is 2.50 bits per heavy atom. The molecule has 2 aromatic carbocycles. The van der Waals surface area contributed by atoms with Gasteiger partial charge in [-0.05, 0) is 57.0 Å². The predicted molar refractivity (Wildman–Crippen MR) is 123 cm³/mol. The second kappa shape index (κ2) is 9.82. The van der Waals surface area contributed by atoms with Gasteiger partial charge in [0.2, 0.25) is 0 Å². The lowest BCUT2D eigenvalue weighted by molar-refractivity contribution is -0.0507. The van der Waals surface area contributed by atoms with Crippen molar-refractivity contribution in [3.05, 3.63) is 59.2 Å². The van der Waals surface area contributed by atoms with Crippen LogP contribution in [-0.4, -0.2) is 54.0 Å². The van der Waals surface area contributed by atoms with Crippen LogP contribution >= 0.6 is 0 Å². The molecule has 30 heavy (non-hydrogen) atoms. The van der Waals surface area contributed by atoms with E-state index in [1.54, 1.807) is 0 Å². The quantitative estimate of drug-likeness (QED) is 0.658. The first kappa shape index (κ1) is 22.6. The van der Waals surface area contributed by atoms with Crippen molar-refractivity contribution in [2.24, 2.45) is 0 Å². The molecule has 0 aliphatic carbocycles. The standard InChI is InChI=1S/C25H37N3O2/c1-17(2)22-15-24(29)18(3)14-25(22)30-20(5)27(6)19(4)28-13-12-26-16-23(28)21-10-8-7-9-11-21/h7-11,14-15,17,19-20,23,26,29H,12-13,16H2,1-6H3. The Hall–Kier alpha value is -2.08. The molecule has 1 heterocycles. The number of nitrogens with zero attached hydrogens (tertiary/aromatic N) is 2. The molecule has 0 radical (unpaired) electrons. The number of piperazine rings is 1. The molecule has 1 aliphatic rings. The Balaban J connectivity index is 1.77. The molecule has 3 unspecified atom stereocenters. The van der Waals surface area contributed by atoms with E-state index in [1.807, 2.05) is 19.1 Å². The summed E-state index contributed by atoms with van der Waals surface area (Å²) in [4.78, 5) is 4.84. The summed E-state index contributed by atoms with van der Waals surface area (Å²) in [6, 6.07) is 14.9. The summed E-state index contributed by atoms with van der Waals surface area (Å²) >= 11 is 0. The van der Waals surface area contributed by atoms with Crippen LogP contribution in [0.15, 0.2) is 42.5 Å². The highest BCUT2D eigenvalue weighted by Crippen LogP contribution is 2.34. The highest BCUT2D eigenvalue weighted by Gasteiger charge is 2.31. The van der Waals surface area contributed by atoms with Gasteiger partial charge in [0.25, 0.3) is 0 Å². The fourth-order valence-electron chi connectivity index (χ4n) is 4.20. The second-order valence-electron chi connectivity index (χ2n) is 8.71. The zero-order valence-corrected chi connectivity index (χ0v) is 19.2. The van der Waals surface area contributed by atoms with E-state index in [4.69, 9.17) is 4.74 Å². The Bertz CT molecular complexity index is 825. The molecule has 0 spiro atoms. The number of aryl methyl sites for hydroxylation is 1. The lowest BCUT2D eigenvalue weighted by Gasteiger charge is -2.45. The number of rotatable bonds is 7. The summed E-state index contributed by atoms with van der Waals surface area (Å²) in [5.74, 6) is 1.45. The van der Waals surface area contributed by atoms with Crippen molar-refractivity contribution < 1.29 is 9.84 Å². The zero-order chi connectivity index (χ0) is 21.8. The number of ether oxygens (including phenoxy) is 1. The SMILES string of the molecule is Cc1cc(OC(C)N(C)C(C)N2CCNCC2c2ccccc2)c(C(C)C)cc1O. The van der Waals surface area contributed by atoms with Gasteiger partial charge >= 0.3 is 0 Å². The van der Waals surface area contributed by atoms with E-state index in [-0.39, 0.29) is 18.3 Å². The maximum atomic E-state index is 10.1. The molecule has 1 aliphatic heterocycles. The summed E-state index contributed by atoms with van der Waals surface area (Å²) in [6.45, 7) is 13.5. The van der Waals surface area contributed by atoms with Gasteiger partial charge in [-0.3, -0.25) is 9.80 Å². The number of benzene rings is 2. The maximum absolute atomic E-state index is 10.1. The molecule has 5 heteroatoms. The molecule has 1 fully saturated rings. The molecule has 2 aromatic rings. The third-order valence-electron chi connectivity index (χ3n) is 6.36. The molecule has 0 bridgehead atoms. The molecule has 2 N–H and O–H groups in total. The molecule has 1 saturated heterocycles. The van der Waals surface area contributed by atoms with Crippen LogP contribution in [0.3, 0.4) is 0 Å². The molecule has 3 atom stereocenters. The van der Waals surface area contributed by atoms with E-state index in [0.29, 0.717) is 11.8 Å². The highest BCUT2D eigenvalue weighted by atomic mass is 16.5. The summed E-state index contributed by atoms with van der Waals surface area (Å²) in [6.07, 6.45) is 0.112. The smallest absolute Gasteiger partial charge is 0.150 e. The van der Waals surface area contributed by atoms with Gasteiger partial charge in [0.1, 0.15) is 11.5 Å². The molecule has 0 saturated carbocycles. The van der Waals surface area contributed by atoms with E-state index >= 15 is 0 Å². The average molecular weight is 412 g/mol. The molecule has 0 amide bonds. The number of hydrogen-bond donors (Lipinski definition) is 2. The van der Waals surface area contributed by atoms with Crippen molar-refractivity contribution >= 4 is 0 Å². The summed E-state index contributed by atoms with van der Waals surface area (Å²) < 4.78 is 6.43. The molecule has 3 rings (SSSR count). The Kier molecular flexibility index (Phi) is 7.40. The Labute approximate surface area is 181 Å². The van der Waals surface area contributed by atoms with Crippen LogP contribution in [-0.2, 0) is 0 Å². The topological polar surface area (TPSA) is 48.0 Å². The minimum absolute atomic E-state index is 0.104. The number of phenolic OH excluding ortho intramolecular Hbond substituents is 1. The summed E-state index contributed by atoms with van der Waals surface area (Å²) in [5, 5.41) is 13.7. The molecule has 0 aromatic heterocycles. The van der Waals surface area contributed by atoms with Gasteiger partial charge in [-0.1, -0.05) is 44.2 Å². The van der Waals surface area contributed by atoms with Gasteiger partial charge < -0.3 is 15.2 Å². The van der Waals surface area contributed by atoms with Crippen LogP contribution in [0.2, 0.25) is 0 Å². The van der Waals surface area contributed by atoms with E-state index in [2.05, 4.69) is 80.2 Å². The van der Waals surface area contributed by atoms with E-state index in [0.717, 1.165) is 36.5 Å². The molecular weight excluding hydrogens is 374 g/mol. The second-order valence-corrected chi connectivity index (χ2v) is 8.71. The number of nitrogens with one attached hydrogen (secondary N) is 1. The first-order valence-electron chi connectivity index (χ1n) is 11.0. The van der Waals surface area contributed by atoms with E-state index < -0.39 is 0 Å². The van der Waals surface area contributed by atoms with Crippen molar-refractivity contribution in [3.63, 3.8) is 0 Å². The fraction of sp³-hybridized carbons (Fsp3) is 0.520. The normalized spacial score (nSPS) is 19.8. The van der Waals surface area contributed by atoms with Crippen molar-refractivity contribution in [3.8, 4) is 11.5 Å². The molecular formula is C25H37N3O2. The third kappa shape index (κ3) is 4.97. The monoisotopic (exact) mass is 411 g/mol. The Morgan fingerprint density at radius 1 is 1.13 bits per heavy atom.